The van der Waals surface area contributed by atoms with Gasteiger partial charge in [0.25, 0.3) is 0 Å². The normalized spacial score (nSPS) is 14.9. The molecule has 0 fully saturated rings. The summed E-state index contributed by atoms with van der Waals surface area (Å²) in [5, 5.41) is 12.6. The van der Waals surface area contributed by atoms with Crippen LogP contribution >= 0.6 is 15.9 Å². The van der Waals surface area contributed by atoms with E-state index in [4.69, 9.17) is 0 Å². The van der Waals surface area contributed by atoms with Crippen LogP contribution in [-0.2, 0) is 0 Å². The fraction of sp³-hybridized carbons (Fsp3) is 0.500. The van der Waals surface area contributed by atoms with Gasteiger partial charge in [-0.1, -0.05) is 35.0 Å². The van der Waals surface area contributed by atoms with Gasteiger partial charge >= 0.3 is 0 Å². The van der Waals surface area contributed by atoms with Crippen molar-refractivity contribution in [2.45, 2.75) is 32.4 Å². The van der Waals surface area contributed by atoms with Crippen LogP contribution in [0.5, 0.6) is 0 Å². The van der Waals surface area contributed by atoms with Crippen molar-refractivity contribution in [2.24, 2.45) is 0 Å². The number of aliphatic hydroxyl groups is 1. The summed E-state index contributed by atoms with van der Waals surface area (Å²) in [6.45, 7) is 4.56. The van der Waals surface area contributed by atoms with Crippen LogP contribution in [0.3, 0.4) is 0 Å². The Balaban J connectivity index is 2.65. The second-order valence-corrected chi connectivity index (χ2v) is 4.69. The SMILES string of the molecule is CCC(NCC(C)O)c1cccc(Br)c1. The third-order valence-corrected chi connectivity index (χ3v) is 2.81. The molecule has 2 N–H and O–H groups in total. The molecule has 0 saturated carbocycles. The first-order valence-corrected chi connectivity index (χ1v) is 6.09. The summed E-state index contributed by atoms with van der Waals surface area (Å²) in [6, 6.07) is 8.59. The van der Waals surface area contributed by atoms with Gasteiger partial charge in [-0.25, -0.2) is 0 Å². The molecule has 84 valence electrons. The number of hydrogen-bond donors (Lipinski definition) is 2. The minimum Gasteiger partial charge on any atom is -0.392 e. The summed E-state index contributed by atoms with van der Waals surface area (Å²) in [4.78, 5) is 0. The van der Waals surface area contributed by atoms with Crippen molar-refractivity contribution >= 4 is 15.9 Å². The summed E-state index contributed by atoms with van der Waals surface area (Å²) in [7, 11) is 0. The molecule has 15 heavy (non-hydrogen) atoms. The Bertz CT molecular complexity index is 301. The van der Waals surface area contributed by atoms with Gasteiger partial charge in [-0.3, -0.25) is 0 Å². The Hall–Kier alpha value is -0.380. The van der Waals surface area contributed by atoms with Crippen molar-refractivity contribution in [1.82, 2.24) is 5.32 Å². The van der Waals surface area contributed by atoms with Crippen LogP contribution in [0.1, 0.15) is 31.9 Å². The monoisotopic (exact) mass is 271 g/mol. The molecule has 0 aliphatic heterocycles. The first-order valence-electron chi connectivity index (χ1n) is 5.30. The molecule has 1 aromatic carbocycles. The number of rotatable bonds is 5. The van der Waals surface area contributed by atoms with Crippen LogP contribution < -0.4 is 5.32 Å². The predicted molar refractivity (Wildman–Crippen MR) is 66.9 cm³/mol. The minimum atomic E-state index is -0.300. The third-order valence-electron chi connectivity index (χ3n) is 2.32. The Morgan fingerprint density at radius 3 is 2.73 bits per heavy atom. The van der Waals surface area contributed by atoms with Gasteiger partial charge in [-0.15, -0.1) is 0 Å². The molecule has 2 unspecified atom stereocenters. The van der Waals surface area contributed by atoms with Crippen LogP contribution in [-0.4, -0.2) is 17.8 Å². The molecule has 0 heterocycles. The zero-order chi connectivity index (χ0) is 11.3. The number of halogens is 1. The lowest BCUT2D eigenvalue weighted by atomic mass is 10.0. The van der Waals surface area contributed by atoms with E-state index in [0.29, 0.717) is 12.6 Å². The average molecular weight is 272 g/mol. The van der Waals surface area contributed by atoms with Crippen molar-refractivity contribution in [3.63, 3.8) is 0 Å². The van der Waals surface area contributed by atoms with E-state index in [2.05, 4.69) is 40.3 Å². The fourth-order valence-electron chi connectivity index (χ4n) is 1.53. The highest BCUT2D eigenvalue weighted by Gasteiger charge is 2.09. The maximum Gasteiger partial charge on any atom is 0.0636 e. The van der Waals surface area contributed by atoms with Crippen LogP contribution in [0.2, 0.25) is 0 Å². The topological polar surface area (TPSA) is 32.3 Å². The summed E-state index contributed by atoms with van der Waals surface area (Å²) in [5.74, 6) is 0. The second kappa shape index (κ2) is 6.26. The maximum absolute atomic E-state index is 9.23. The molecule has 0 radical (unpaired) electrons. The fourth-order valence-corrected chi connectivity index (χ4v) is 1.95. The Morgan fingerprint density at radius 1 is 1.47 bits per heavy atom. The van der Waals surface area contributed by atoms with Gasteiger partial charge in [0.15, 0.2) is 0 Å². The Morgan fingerprint density at radius 2 is 2.20 bits per heavy atom. The molecule has 2 nitrogen and oxygen atoms in total. The molecule has 0 aromatic heterocycles. The highest BCUT2D eigenvalue weighted by molar-refractivity contribution is 9.10. The predicted octanol–water partition coefficient (Wildman–Crippen LogP) is 2.87. The third kappa shape index (κ3) is 4.33. The lowest BCUT2D eigenvalue weighted by molar-refractivity contribution is 0.185. The number of hydrogen-bond acceptors (Lipinski definition) is 2. The molecule has 2 atom stereocenters. The van der Waals surface area contributed by atoms with Crippen LogP contribution in [0.25, 0.3) is 0 Å². The molecule has 1 rings (SSSR count). The number of nitrogens with one attached hydrogen (secondary N) is 1. The first-order chi connectivity index (χ1) is 7.13. The van der Waals surface area contributed by atoms with Crippen LogP contribution in [0, 0.1) is 0 Å². The Kier molecular flexibility index (Phi) is 5.29. The largest absolute Gasteiger partial charge is 0.392 e. The highest BCUT2D eigenvalue weighted by Crippen LogP contribution is 2.20. The van der Waals surface area contributed by atoms with Crippen molar-refractivity contribution < 1.29 is 5.11 Å². The van der Waals surface area contributed by atoms with E-state index < -0.39 is 0 Å². The maximum atomic E-state index is 9.23. The Labute approximate surface area is 99.8 Å². The van der Waals surface area contributed by atoms with Crippen molar-refractivity contribution in [1.29, 1.82) is 0 Å². The van der Waals surface area contributed by atoms with Crippen LogP contribution in [0.4, 0.5) is 0 Å². The molecule has 3 heteroatoms. The van der Waals surface area contributed by atoms with E-state index in [0.717, 1.165) is 10.9 Å². The molecular weight excluding hydrogens is 254 g/mol. The van der Waals surface area contributed by atoms with Gasteiger partial charge in [-0.05, 0) is 31.0 Å². The molecule has 0 aliphatic carbocycles. The molecule has 1 aromatic rings. The van der Waals surface area contributed by atoms with Crippen molar-refractivity contribution in [3.05, 3.63) is 34.3 Å². The second-order valence-electron chi connectivity index (χ2n) is 3.77. The van der Waals surface area contributed by atoms with Gasteiger partial charge in [-0.2, -0.15) is 0 Å². The van der Waals surface area contributed by atoms with E-state index in [-0.39, 0.29) is 6.10 Å². The molecule has 0 spiro atoms. The quantitative estimate of drug-likeness (QED) is 0.863. The standard InChI is InChI=1S/C12H18BrNO/c1-3-12(14-8-9(2)15)10-5-4-6-11(13)7-10/h4-7,9,12,14-15H,3,8H2,1-2H3. The van der Waals surface area contributed by atoms with Crippen molar-refractivity contribution in [3.8, 4) is 0 Å². The van der Waals surface area contributed by atoms with E-state index in [1.807, 2.05) is 12.1 Å². The van der Waals surface area contributed by atoms with E-state index in [9.17, 15) is 5.11 Å². The number of benzene rings is 1. The molecule has 0 bridgehead atoms. The van der Waals surface area contributed by atoms with Gasteiger partial charge < -0.3 is 10.4 Å². The summed E-state index contributed by atoms with van der Waals surface area (Å²) in [6.07, 6.45) is 0.717. The van der Waals surface area contributed by atoms with Crippen LogP contribution in [0.15, 0.2) is 28.7 Å². The molecular formula is C12H18BrNO. The van der Waals surface area contributed by atoms with E-state index in [1.165, 1.54) is 5.56 Å². The number of aliphatic hydroxyl groups excluding tert-OH is 1. The zero-order valence-corrected chi connectivity index (χ0v) is 10.8. The molecule has 0 aliphatic rings. The van der Waals surface area contributed by atoms with Gasteiger partial charge in [0.2, 0.25) is 0 Å². The summed E-state index contributed by atoms with van der Waals surface area (Å²) in [5.41, 5.74) is 1.26. The van der Waals surface area contributed by atoms with E-state index >= 15 is 0 Å². The van der Waals surface area contributed by atoms with Gasteiger partial charge in [0, 0.05) is 17.1 Å². The zero-order valence-electron chi connectivity index (χ0n) is 9.20. The minimum absolute atomic E-state index is 0.300. The van der Waals surface area contributed by atoms with Gasteiger partial charge in [0.05, 0.1) is 6.10 Å². The summed E-state index contributed by atoms with van der Waals surface area (Å²) >= 11 is 3.46. The average Bonchev–Trinajstić information content (AvgIpc) is 2.18. The smallest absolute Gasteiger partial charge is 0.0636 e. The first kappa shape index (κ1) is 12.7. The van der Waals surface area contributed by atoms with E-state index in [1.54, 1.807) is 6.92 Å². The van der Waals surface area contributed by atoms with Gasteiger partial charge in [0.1, 0.15) is 0 Å². The summed E-state index contributed by atoms with van der Waals surface area (Å²) < 4.78 is 1.09. The molecule has 0 saturated heterocycles. The lowest BCUT2D eigenvalue weighted by Gasteiger charge is -2.18. The lowest BCUT2D eigenvalue weighted by Crippen LogP contribution is -2.28. The molecule has 0 amide bonds. The van der Waals surface area contributed by atoms with Crippen molar-refractivity contribution in [2.75, 3.05) is 6.54 Å². The highest BCUT2D eigenvalue weighted by atomic mass is 79.9.